The molecular formula is C14H21N5S. The first-order valence-electron chi connectivity index (χ1n) is 6.74. The molecule has 0 aromatic carbocycles. The average molecular weight is 291 g/mol. The fourth-order valence-electron chi connectivity index (χ4n) is 2.09. The lowest BCUT2D eigenvalue weighted by Crippen LogP contribution is -2.12. The van der Waals surface area contributed by atoms with Crippen molar-refractivity contribution in [1.82, 2.24) is 15.0 Å². The average Bonchev–Trinajstić information content (AvgIpc) is 2.84. The van der Waals surface area contributed by atoms with Crippen molar-refractivity contribution in [3.05, 3.63) is 28.0 Å². The molecule has 0 fully saturated rings. The largest absolute Gasteiger partial charge is 0.373 e. The third-order valence-electron chi connectivity index (χ3n) is 3.06. The summed E-state index contributed by atoms with van der Waals surface area (Å²) in [4.78, 5) is 13.2. The predicted molar refractivity (Wildman–Crippen MR) is 84.6 cm³/mol. The number of aromatic nitrogens is 3. The van der Waals surface area contributed by atoms with E-state index in [0.29, 0.717) is 5.92 Å². The van der Waals surface area contributed by atoms with E-state index < -0.39 is 0 Å². The number of aryl methyl sites for hydroxylation is 1. The molecule has 5 nitrogen and oxygen atoms in total. The quantitative estimate of drug-likeness (QED) is 0.881. The number of nitrogens with one attached hydrogen (secondary N) is 2. The van der Waals surface area contributed by atoms with Crippen LogP contribution in [0.4, 0.5) is 11.6 Å². The standard InChI is InChI=1S/C14H21N5S/c1-8(2)11-12(15-5)16-7-17-13(11)19-10(4)14-18-9(3)6-20-14/h6-8,10H,1-5H3,(H2,15,16,17,19). The minimum atomic E-state index is 0.130. The van der Waals surface area contributed by atoms with Crippen LogP contribution in [-0.4, -0.2) is 22.0 Å². The van der Waals surface area contributed by atoms with E-state index in [1.54, 1.807) is 17.7 Å². The summed E-state index contributed by atoms with van der Waals surface area (Å²) in [6.45, 7) is 8.39. The van der Waals surface area contributed by atoms with Gasteiger partial charge in [0.15, 0.2) is 0 Å². The minimum absolute atomic E-state index is 0.130. The van der Waals surface area contributed by atoms with Gasteiger partial charge in [-0.1, -0.05) is 13.8 Å². The molecular weight excluding hydrogens is 270 g/mol. The van der Waals surface area contributed by atoms with Crippen LogP contribution in [0.25, 0.3) is 0 Å². The number of hydrogen-bond acceptors (Lipinski definition) is 6. The second-order valence-corrected chi connectivity index (χ2v) is 5.97. The van der Waals surface area contributed by atoms with Gasteiger partial charge in [0.25, 0.3) is 0 Å². The third-order valence-corrected chi connectivity index (χ3v) is 4.20. The Kier molecular flexibility index (Phi) is 4.54. The van der Waals surface area contributed by atoms with Crippen molar-refractivity contribution in [2.75, 3.05) is 17.7 Å². The molecule has 0 saturated carbocycles. The first-order valence-corrected chi connectivity index (χ1v) is 7.62. The summed E-state index contributed by atoms with van der Waals surface area (Å²) in [7, 11) is 1.88. The summed E-state index contributed by atoms with van der Waals surface area (Å²) in [6, 6.07) is 0.130. The summed E-state index contributed by atoms with van der Waals surface area (Å²) < 4.78 is 0. The van der Waals surface area contributed by atoms with Crippen molar-refractivity contribution < 1.29 is 0 Å². The van der Waals surface area contributed by atoms with E-state index in [-0.39, 0.29) is 6.04 Å². The molecule has 0 amide bonds. The highest BCUT2D eigenvalue weighted by atomic mass is 32.1. The molecule has 20 heavy (non-hydrogen) atoms. The van der Waals surface area contributed by atoms with Crippen LogP contribution in [0.5, 0.6) is 0 Å². The zero-order valence-electron chi connectivity index (χ0n) is 12.6. The van der Waals surface area contributed by atoms with E-state index in [9.17, 15) is 0 Å². The van der Waals surface area contributed by atoms with Crippen molar-refractivity contribution >= 4 is 23.0 Å². The number of nitrogens with zero attached hydrogens (tertiary/aromatic N) is 3. The van der Waals surface area contributed by atoms with Gasteiger partial charge in [-0.3, -0.25) is 0 Å². The van der Waals surface area contributed by atoms with Gasteiger partial charge in [-0.25, -0.2) is 15.0 Å². The normalized spacial score (nSPS) is 12.5. The molecule has 0 bridgehead atoms. The Labute approximate surface area is 123 Å². The van der Waals surface area contributed by atoms with Gasteiger partial charge in [0.2, 0.25) is 0 Å². The molecule has 2 heterocycles. The van der Waals surface area contributed by atoms with Gasteiger partial charge in [0.1, 0.15) is 23.0 Å². The minimum Gasteiger partial charge on any atom is -0.373 e. The first-order chi connectivity index (χ1) is 9.52. The van der Waals surface area contributed by atoms with Gasteiger partial charge in [-0.05, 0) is 19.8 Å². The Morgan fingerprint density at radius 3 is 2.40 bits per heavy atom. The molecule has 0 aliphatic carbocycles. The van der Waals surface area contributed by atoms with E-state index in [1.807, 2.05) is 14.0 Å². The van der Waals surface area contributed by atoms with Crippen LogP contribution in [0, 0.1) is 6.92 Å². The highest BCUT2D eigenvalue weighted by Crippen LogP contribution is 2.30. The van der Waals surface area contributed by atoms with E-state index >= 15 is 0 Å². The van der Waals surface area contributed by atoms with Crippen molar-refractivity contribution in [1.29, 1.82) is 0 Å². The molecule has 1 unspecified atom stereocenters. The van der Waals surface area contributed by atoms with E-state index in [2.05, 4.69) is 51.7 Å². The highest BCUT2D eigenvalue weighted by Gasteiger charge is 2.17. The molecule has 2 N–H and O–H groups in total. The van der Waals surface area contributed by atoms with Crippen LogP contribution in [0.3, 0.4) is 0 Å². The van der Waals surface area contributed by atoms with Crippen molar-refractivity contribution in [3.8, 4) is 0 Å². The van der Waals surface area contributed by atoms with Crippen LogP contribution in [0.15, 0.2) is 11.7 Å². The van der Waals surface area contributed by atoms with E-state index in [1.165, 1.54) is 0 Å². The first kappa shape index (κ1) is 14.7. The van der Waals surface area contributed by atoms with Crippen LogP contribution in [0.2, 0.25) is 0 Å². The maximum Gasteiger partial charge on any atom is 0.135 e. The maximum atomic E-state index is 4.52. The van der Waals surface area contributed by atoms with Crippen molar-refractivity contribution in [2.45, 2.75) is 39.7 Å². The summed E-state index contributed by atoms with van der Waals surface area (Å²) in [6.07, 6.45) is 1.58. The molecule has 2 aromatic heterocycles. The Morgan fingerprint density at radius 1 is 1.15 bits per heavy atom. The molecule has 0 aliphatic heterocycles. The second-order valence-electron chi connectivity index (χ2n) is 5.08. The van der Waals surface area contributed by atoms with Gasteiger partial charge in [-0.15, -0.1) is 11.3 Å². The molecule has 6 heteroatoms. The van der Waals surface area contributed by atoms with Gasteiger partial charge in [0.05, 0.1) is 6.04 Å². The van der Waals surface area contributed by atoms with Crippen LogP contribution < -0.4 is 10.6 Å². The molecule has 0 saturated heterocycles. The summed E-state index contributed by atoms with van der Waals surface area (Å²) in [5.74, 6) is 2.09. The monoisotopic (exact) mass is 291 g/mol. The lowest BCUT2D eigenvalue weighted by atomic mass is 10.0. The molecule has 2 rings (SSSR count). The molecule has 0 spiro atoms. The Hall–Kier alpha value is -1.69. The van der Waals surface area contributed by atoms with E-state index in [0.717, 1.165) is 27.9 Å². The van der Waals surface area contributed by atoms with Crippen molar-refractivity contribution in [2.24, 2.45) is 0 Å². The highest BCUT2D eigenvalue weighted by molar-refractivity contribution is 7.09. The molecule has 2 aromatic rings. The lowest BCUT2D eigenvalue weighted by molar-refractivity contribution is 0.814. The Balaban J connectivity index is 2.29. The fraction of sp³-hybridized carbons (Fsp3) is 0.500. The fourth-order valence-corrected chi connectivity index (χ4v) is 2.90. The SMILES string of the molecule is CNc1ncnc(NC(C)c2nc(C)cs2)c1C(C)C. The van der Waals surface area contributed by atoms with Crippen molar-refractivity contribution in [3.63, 3.8) is 0 Å². The van der Waals surface area contributed by atoms with E-state index in [4.69, 9.17) is 0 Å². The molecule has 108 valence electrons. The van der Waals surface area contributed by atoms with Crippen LogP contribution in [0.1, 0.15) is 49.0 Å². The predicted octanol–water partition coefficient (Wildman–Crippen LogP) is 3.58. The summed E-state index contributed by atoms with van der Waals surface area (Å²) in [5, 5.41) is 9.72. The number of thiazole rings is 1. The zero-order valence-corrected chi connectivity index (χ0v) is 13.4. The Bertz CT molecular complexity index is 579. The number of hydrogen-bond donors (Lipinski definition) is 2. The zero-order chi connectivity index (χ0) is 14.7. The maximum absolute atomic E-state index is 4.52. The van der Waals surface area contributed by atoms with Gasteiger partial charge >= 0.3 is 0 Å². The Morgan fingerprint density at radius 2 is 1.85 bits per heavy atom. The summed E-state index contributed by atoms with van der Waals surface area (Å²) >= 11 is 1.67. The number of rotatable bonds is 5. The lowest BCUT2D eigenvalue weighted by Gasteiger charge is -2.19. The van der Waals surface area contributed by atoms with Gasteiger partial charge < -0.3 is 10.6 Å². The topological polar surface area (TPSA) is 62.7 Å². The van der Waals surface area contributed by atoms with Crippen LogP contribution >= 0.6 is 11.3 Å². The molecule has 0 radical (unpaired) electrons. The van der Waals surface area contributed by atoms with Gasteiger partial charge in [0, 0.05) is 23.7 Å². The van der Waals surface area contributed by atoms with Gasteiger partial charge in [-0.2, -0.15) is 0 Å². The smallest absolute Gasteiger partial charge is 0.135 e. The molecule has 1 atom stereocenters. The molecule has 0 aliphatic rings. The van der Waals surface area contributed by atoms with Crippen LogP contribution in [-0.2, 0) is 0 Å². The second kappa shape index (κ2) is 6.17. The summed E-state index contributed by atoms with van der Waals surface area (Å²) in [5.41, 5.74) is 2.16. The third kappa shape index (κ3) is 3.07. The number of anilines is 2.